The van der Waals surface area contributed by atoms with E-state index in [9.17, 15) is 14.9 Å². The molecule has 0 atom stereocenters. The average Bonchev–Trinajstić information content (AvgIpc) is 3.16. The van der Waals surface area contributed by atoms with Gasteiger partial charge in [0, 0.05) is 48.6 Å². The van der Waals surface area contributed by atoms with Gasteiger partial charge in [-0.3, -0.25) is 20.3 Å². The van der Waals surface area contributed by atoms with E-state index in [0.717, 1.165) is 41.9 Å². The van der Waals surface area contributed by atoms with Gasteiger partial charge in [0.05, 0.1) is 4.92 Å². The zero-order valence-corrected chi connectivity index (χ0v) is 20.7. The molecule has 2 aliphatic heterocycles. The number of likely N-dealkylation sites (N-methyl/N-ethyl adjacent to an activating group) is 1. The number of likely N-dealkylation sites (tertiary alicyclic amines) is 1. The van der Waals surface area contributed by atoms with Crippen LogP contribution in [0.2, 0.25) is 0 Å². The number of aliphatic imine (C=N–C) groups is 1. The van der Waals surface area contributed by atoms with Crippen molar-refractivity contribution in [1.82, 2.24) is 4.90 Å². The molecule has 35 heavy (non-hydrogen) atoms. The second kappa shape index (κ2) is 14.9. The number of non-ortho nitro benzene ring substituents is 1. The summed E-state index contributed by atoms with van der Waals surface area (Å²) in [4.78, 5) is 26.1. The molecule has 0 bridgehead atoms. The number of nitro benzene ring substituents is 1. The van der Waals surface area contributed by atoms with Crippen molar-refractivity contribution >= 4 is 23.7 Å². The fourth-order valence-corrected chi connectivity index (χ4v) is 3.22. The van der Waals surface area contributed by atoms with E-state index in [-0.39, 0.29) is 17.9 Å². The number of allylic oxidation sites excluding steroid dienone is 4. The van der Waals surface area contributed by atoms with Crippen LogP contribution in [0, 0.1) is 15.5 Å². The Morgan fingerprint density at radius 2 is 1.97 bits per heavy atom. The van der Waals surface area contributed by atoms with Crippen LogP contribution in [0.4, 0.5) is 5.69 Å². The van der Waals surface area contributed by atoms with Crippen LogP contribution >= 0.6 is 0 Å². The first-order chi connectivity index (χ1) is 16.8. The van der Waals surface area contributed by atoms with Crippen molar-refractivity contribution in [2.24, 2.45) is 10.7 Å². The summed E-state index contributed by atoms with van der Waals surface area (Å²) in [6.07, 6.45) is 10.2. The van der Waals surface area contributed by atoms with Gasteiger partial charge >= 0.3 is 0 Å². The summed E-state index contributed by atoms with van der Waals surface area (Å²) >= 11 is 0. The van der Waals surface area contributed by atoms with E-state index in [0.29, 0.717) is 11.5 Å². The van der Waals surface area contributed by atoms with Crippen LogP contribution in [-0.4, -0.2) is 48.0 Å². The number of rotatable bonds is 7. The van der Waals surface area contributed by atoms with Crippen LogP contribution < -0.4 is 10.5 Å². The molecule has 3 N–H and O–H groups in total. The molecule has 0 unspecified atom stereocenters. The maximum absolute atomic E-state index is 10.2. The van der Waals surface area contributed by atoms with Gasteiger partial charge in [0.2, 0.25) is 0 Å². The van der Waals surface area contributed by atoms with E-state index < -0.39 is 4.92 Å². The number of amidine groups is 1. The Labute approximate surface area is 206 Å². The lowest BCUT2D eigenvalue weighted by atomic mass is 9.98. The first-order valence-electron chi connectivity index (χ1n) is 11.2. The number of nitrogens with one attached hydrogen (secondary N) is 1. The third-order valence-electron chi connectivity index (χ3n) is 4.92. The summed E-state index contributed by atoms with van der Waals surface area (Å²) in [5.74, 6) is 0.608. The molecule has 2 heterocycles. The Hall–Kier alpha value is -4.11. The normalized spacial score (nSPS) is 15.9. The van der Waals surface area contributed by atoms with Crippen LogP contribution in [0.1, 0.15) is 27.2 Å². The zero-order valence-electron chi connectivity index (χ0n) is 20.7. The summed E-state index contributed by atoms with van der Waals surface area (Å²) in [6.45, 7) is 11.7. The molecule has 0 amide bonds. The van der Waals surface area contributed by atoms with Crippen molar-refractivity contribution in [2.45, 2.75) is 27.2 Å². The molecule has 3 rings (SSSR count). The third kappa shape index (κ3) is 8.63. The maximum Gasteiger partial charge on any atom is 0.298 e. The first-order valence-corrected chi connectivity index (χ1v) is 11.2. The van der Waals surface area contributed by atoms with Crippen LogP contribution in [0.3, 0.4) is 0 Å². The number of benzene rings is 1. The number of hydrogen-bond acceptors (Lipinski definition) is 7. The molecule has 9 heteroatoms. The molecule has 0 aromatic heterocycles. The molecule has 0 radical (unpaired) electrons. The van der Waals surface area contributed by atoms with Gasteiger partial charge in [-0.05, 0) is 43.3 Å². The number of nitro groups is 1. The van der Waals surface area contributed by atoms with Crippen molar-refractivity contribution in [3.05, 3.63) is 93.8 Å². The Morgan fingerprint density at radius 3 is 2.51 bits per heavy atom. The highest BCUT2D eigenvalue weighted by molar-refractivity contribution is 6.22. The van der Waals surface area contributed by atoms with Gasteiger partial charge in [-0.25, -0.2) is 4.99 Å². The number of carbonyl (C=O) groups excluding carboxylic acids is 1. The molecule has 186 valence electrons. The topological polar surface area (TPSA) is 135 Å². The van der Waals surface area contributed by atoms with E-state index in [2.05, 4.69) is 28.3 Å². The maximum atomic E-state index is 10.2. The van der Waals surface area contributed by atoms with E-state index in [1.165, 1.54) is 24.3 Å². The first kappa shape index (κ1) is 28.9. The molecule has 2 aliphatic rings. The summed E-state index contributed by atoms with van der Waals surface area (Å²) in [5.41, 5.74) is 10.7. The molecule has 1 saturated heterocycles. The Morgan fingerprint density at radius 1 is 1.31 bits per heavy atom. The number of ether oxygens (including phenoxy) is 1. The van der Waals surface area contributed by atoms with E-state index in [1.54, 1.807) is 6.08 Å². The summed E-state index contributed by atoms with van der Waals surface area (Å²) in [6, 6.07) is 5.23. The van der Waals surface area contributed by atoms with E-state index >= 15 is 0 Å². The quantitative estimate of drug-likeness (QED) is 0.251. The highest BCUT2D eigenvalue weighted by atomic mass is 16.6. The lowest BCUT2D eigenvalue weighted by Crippen LogP contribution is -2.32. The minimum Gasteiger partial charge on any atom is -0.429 e. The van der Waals surface area contributed by atoms with Gasteiger partial charge in [0.25, 0.3) is 12.2 Å². The molecule has 9 nitrogen and oxygen atoms in total. The average molecular weight is 480 g/mol. The molecule has 0 aliphatic carbocycles. The number of carbonyl (C=O) groups is 1. The molecule has 1 fully saturated rings. The third-order valence-corrected chi connectivity index (χ3v) is 4.92. The smallest absolute Gasteiger partial charge is 0.298 e. The highest BCUT2D eigenvalue weighted by Crippen LogP contribution is 2.26. The highest BCUT2D eigenvalue weighted by Gasteiger charge is 2.27. The van der Waals surface area contributed by atoms with E-state index in [4.69, 9.17) is 11.1 Å². The molecular weight excluding hydrogens is 446 g/mol. The van der Waals surface area contributed by atoms with Gasteiger partial charge in [0.1, 0.15) is 5.75 Å². The number of nitrogens with zero attached hydrogens (tertiary/aromatic N) is 3. The van der Waals surface area contributed by atoms with Gasteiger partial charge in [0.15, 0.2) is 5.84 Å². The van der Waals surface area contributed by atoms with Gasteiger partial charge in [-0.1, -0.05) is 44.7 Å². The molecule has 1 aromatic carbocycles. The standard InChI is InChI=1S/C17H22N4.C7H5NO4.C2H6/c1-4-6-7-12(5-2)15(18)10-13-14-11-21(3)9-8-16(14)20-17(13)19;9-5-12-7-3-1-6(2-4-7)8(10)11;1-2/h4-7,10,19H,1,8-9,11,18H2,2-3H3;1-5H;1-2H3/b7-6-,12-5+,15-10-,19-17?;;. The Kier molecular flexibility index (Phi) is 12.3. The second-order valence-electron chi connectivity index (χ2n) is 7.19. The number of fused-ring (bicyclic) bond motifs is 1. The summed E-state index contributed by atoms with van der Waals surface area (Å²) in [5, 5.41) is 18.2. The zero-order chi connectivity index (χ0) is 26.4. The van der Waals surface area contributed by atoms with Crippen LogP contribution in [-0.2, 0) is 4.79 Å². The molecule has 0 saturated carbocycles. The second-order valence-corrected chi connectivity index (χ2v) is 7.19. The number of piperidine rings is 1. The fraction of sp³-hybridized carbons (Fsp3) is 0.269. The minimum absolute atomic E-state index is 0.0340. The predicted molar refractivity (Wildman–Crippen MR) is 141 cm³/mol. The van der Waals surface area contributed by atoms with Gasteiger partial charge in [-0.2, -0.15) is 0 Å². The van der Waals surface area contributed by atoms with Gasteiger partial charge in [-0.15, -0.1) is 0 Å². The van der Waals surface area contributed by atoms with Crippen LogP contribution in [0.25, 0.3) is 0 Å². The Balaban J connectivity index is 0.000000372. The SMILES string of the molecule is C=C\C=C/C(=C\C)C(/N)=C/C1=C2CN(C)CCC2=NC1=N.CC.O=COc1ccc([N+](=O)[O-])cc1. The molecule has 0 spiro atoms. The fourth-order valence-electron chi connectivity index (χ4n) is 3.22. The van der Waals surface area contributed by atoms with Crippen molar-refractivity contribution in [3.63, 3.8) is 0 Å². The predicted octanol–water partition coefficient (Wildman–Crippen LogP) is 4.74. The Bertz CT molecular complexity index is 1080. The molecular formula is C26H33N5O4. The van der Waals surface area contributed by atoms with Crippen molar-refractivity contribution in [1.29, 1.82) is 5.41 Å². The number of nitrogens with two attached hydrogens (primary N) is 1. The molecule has 1 aromatic rings. The van der Waals surface area contributed by atoms with Gasteiger partial charge < -0.3 is 15.4 Å². The van der Waals surface area contributed by atoms with Crippen molar-refractivity contribution in [3.8, 4) is 5.75 Å². The summed E-state index contributed by atoms with van der Waals surface area (Å²) < 4.78 is 4.44. The lowest BCUT2D eigenvalue weighted by molar-refractivity contribution is -0.384. The number of hydrogen-bond donors (Lipinski definition) is 2. The summed E-state index contributed by atoms with van der Waals surface area (Å²) in [7, 11) is 2.08. The lowest BCUT2D eigenvalue weighted by Gasteiger charge is -2.24. The van der Waals surface area contributed by atoms with Crippen LogP contribution in [0.15, 0.2) is 88.6 Å². The van der Waals surface area contributed by atoms with Crippen molar-refractivity contribution < 1.29 is 14.5 Å². The largest absolute Gasteiger partial charge is 0.429 e. The van der Waals surface area contributed by atoms with Crippen molar-refractivity contribution in [2.75, 3.05) is 20.1 Å². The monoisotopic (exact) mass is 479 g/mol. The van der Waals surface area contributed by atoms with Crippen LogP contribution in [0.5, 0.6) is 5.75 Å². The van der Waals surface area contributed by atoms with E-state index in [1.807, 2.05) is 45.1 Å². The minimum atomic E-state index is -0.523.